The lowest BCUT2D eigenvalue weighted by molar-refractivity contribution is 0.502. The van der Waals surface area contributed by atoms with E-state index < -0.39 is 0 Å². The Balaban J connectivity index is 2.27. The van der Waals surface area contributed by atoms with Crippen molar-refractivity contribution in [3.8, 4) is 0 Å². The van der Waals surface area contributed by atoms with Gasteiger partial charge in [-0.2, -0.15) is 0 Å². The first kappa shape index (κ1) is 14.0. The fourth-order valence-electron chi connectivity index (χ4n) is 2.59. The second-order valence-electron chi connectivity index (χ2n) is 5.22. The van der Waals surface area contributed by atoms with Crippen molar-refractivity contribution in [1.29, 1.82) is 0 Å². The number of hydrogen-bond acceptors (Lipinski definition) is 2. The second kappa shape index (κ2) is 6.67. The van der Waals surface area contributed by atoms with Crippen molar-refractivity contribution in [2.75, 3.05) is 7.05 Å². The average Bonchev–Trinajstić information content (AvgIpc) is 2.44. The molecule has 0 radical (unpaired) electrons. The van der Waals surface area contributed by atoms with E-state index >= 15 is 0 Å². The Hall–Kier alpha value is -1.41. The van der Waals surface area contributed by atoms with Gasteiger partial charge in [-0.1, -0.05) is 44.4 Å². The first-order valence-electron chi connectivity index (χ1n) is 7.29. The van der Waals surface area contributed by atoms with Crippen molar-refractivity contribution >= 4 is 10.9 Å². The number of aromatic nitrogens is 1. The highest BCUT2D eigenvalue weighted by Gasteiger charge is 2.12. The molecule has 0 aliphatic heterocycles. The van der Waals surface area contributed by atoms with Gasteiger partial charge in [0.05, 0.1) is 11.2 Å². The lowest BCUT2D eigenvalue weighted by atomic mass is 10.0. The zero-order valence-electron chi connectivity index (χ0n) is 12.2. The molecule has 0 amide bonds. The zero-order chi connectivity index (χ0) is 13.7. The number of benzene rings is 1. The van der Waals surface area contributed by atoms with Gasteiger partial charge in [0, 0.05) is 11.4 Å². The molecular weight excluding hydrogens is 232 g/mol. The molecule has 0 aliphatic carbocycles. The van der Waals surface area contributed by atoms with E-state index in [1.165, 1.54) is 35.9 Å². The Morgan fingerprint density at radius 3 is 2.74 bits per heavy atom. The standard InChI is InChI=1S/C17H24N2/c1-4-5-6-11-16(18-3)17-12-13(2)14-9-7-8-10-15(14)19-17/h7-10,12,16,18H,4-6,11H2,1-3H3. The molecule has 0 bridgehead atoms. The first-order chi connectivity index (χ1) is 9.26. The van der Waals surface area contributed by atoms with Crippen molar-refractivity contribution < 1.29 is 0 Å². The molecular formula is C17H24N2. The SMILES string of the molecule is CCCCCC(NC)c1cc(C)c2ccccc2n1. The molecule has 0 aliphatic rings. The Bertz CT molecular complexity index is 534. The van der Waals surface area contributed by atoms with Gasteiger partial charge in [-0.05, 0) is 38.1 Å². The van der Waals surface area contributed by atoms with E-state index in [0.717, 1.165) is 11.9 Å². The number of pyridine rings is 1. The fraction of sp³-hybridized carbons (Fsp3) is 0.471. The van der Waals surface area contributed by atoms with E-state index in [1.54, 1.807) is 0 Å². The quantitative estimate of drug-likeness (QED) is 0.776. The highest BCUT2D eigenvalue weighted by atomic mass is 14.9. The highest BCUT2D eigenvalue weighted by molar-refractivity contribution is 5.82. The third-order valence-corrected chi connectivity index (χ3v) is 3.74. The van der Waals surface area contributed by atoms with Gasteiger partial charge in [0.1, 0.15) is 0 Å². The predicted octanol–water partition coefficient (Wildman–Crippen LogP) is 4.38. The van der Waals surface area contributed by atoms with Crippen molar-refractivity contribution in [1.82, 2.24) is 10.3 Å². The summed E-state index contributed by atoms with van der Waals surface area (Å²) in [6.07, 6.45) is 4.98. The van der Waals surface area contributed by atoms with Crippen molar-refractivity contribution in [2.45, 2.75) is 45.6 Å². The lowest BCUT2D eigenvalue weighted by Crippen LogP contribution is -2.17. The summed E-state index contributed by atoms with van der Waals surface area (Å²) >= 11 is 0. The van der Waals surface area contributed by atoms with Crippen LogP contribution in [0, 0.1) is 6.92 Å². The highest BCUT2D eigenvalue weighted by Crippen LogP contribution is 2.23. The van der Waals surface area contributed by atoms with Crippen LogP contribution in [0.25, 0.3) is 10.9 Å². The zero-order valence-corrected chi connectivity index (χ0v) is 12.2. The van der Waals surface area contributed by atoms with Crippen LogP contribution in [0.4, 0.5) is 0 Å². The number of hydrogen-bond donors (Lipinski definition) is 1. The van der Waals surface area contributed by atoms with Gasteiger partial charge in [-0.15, -0.1) is 0 Å². The van der Waals surface area contributed by atoms with Gasteiger partial charge < -0.3 is 5.32 Å². The molecule has 1 unspecified atom stereocenters. The van der Waals surface area contributed by atoms with Crippen LogP contribution in [-0.4, -0.2) is 12.0 Å². The molecule has 0 fully saturated rings. The topological polar surface area (TPSA) is 24.9 Å². The third-order valence-electron chi connectivity index (χ3n) is 3.74. The molecule has 1 aromatic heterocycles. The minimum atomic E-state index is 0.370. The number of para-hydroxylation sites is 1. The maximum atomic E-state index is 4.82. The first-order valence-corrected chi connectivity index (χ1v) is 7.29. The molecule has 0 spiro atoms. The molecule has 0 saturated heterocycles. The van der Waals surface area contributed by atoms with Gasteiger partial charge in [-0.25, -0.2) is 0 Å². The molecule has 2 aromatic rings. The maximum Gasteiger partial charge on any atom is 0.0708 e. The van der Waals surface area contributed by atoms with Crippen LogP contribution in [0.15, 0.2) is 30.3 Å². The molecule has 1 atom stereocenters. The minimum Gasteiger partial charge on any atom is -0.312 e. The number of fused-ring (bicyclic) bond motifs is 1. The fourth-order valence-corrected chi connectivity index (χ4v) is 2.59. The molecule has 0 saturated carbocycles. The molecule has 1 N–H and O–H groups in total. The Morgan fingerprint density at radius 1 is 1.21 bits per heavy atom. The van der Waals surface area contributed by atoms with E-state index in [-0.39, 0.29) is 0 Å². The molecule has 1 heterocycles. The molecule has 19 heavy (non-hydrogen) atoms. The van der Waals surface area contributed by atoms with Crippen LogP contribution in [0.2, 0.25) is 0 Å². The average molecular weight is 256 g/mol. The number of unbranched alkanes of at least 4 members (excludes halogenated alkanes) is 2. The summed E-state index contributed by atoms with van der Waals surface area (Å²) < 4.78 is 0. The number of nitrogens with one attached hydrogen (secondary N) is 1. The molecule has 102 valence electrons. The van der Waals surface area contributed by atoms with Gasteiger partial charge in [0.25, 0.3) is 0 Å². The summed E-state index contributed by atoms with van der Waals surface area (Å²) in [6, 6.07) is 11.0. The van der Waals surface area contributed by atoms with Gasteiger partial charge >= 0.3 is 0 Å². The van der Waals surface area contributed by atoms with Crippen LogP contribution in [0.1, 0.15) is 49.9 Å². The molecule has 1 aromatic carbocycles. The molecule has 2 nitrogen and oxygen atoms in total. The van der Waals surface area contributed by atoms with E-state index in [9.17, 15) is 0 Å². The maximum absolute atomic E-state index is 4.82. The van der Waals surface area contributed by atoms with Crippen LogP contribution in [0.3, 0.4) is 0 Å². The summed E-state index contributed by atoms with van der Waals surface area (Å²) in [5.74, 6) is 0. The van der Waals surface area contributed by atoms with E-state index in [4.69, 9.17) is 4.98 Å². The minimum absolute atomic E-state index is 0.370. The van der Waals surface area contributed by atoms with Crippen molar-refractivity contribution in [2.24, 2.45) is 0 Å². The Kier molecular flexibility index (Phi) is 4.92. The summed E-state index contributed by atoms with van der Waals surface area (Å²) in [6.45, 7) is 4.42. The van der Waals surface area contributed by atoms with Gasteiger partial charge in [0.2, 0.25) is 0 Å². The van der Waals surface area contributed by atoms with Crippen LogP contribution in [-0.2, 0) is 0 Å². The van der Waals surface area contributed by atoms with Crippen LogP contribution >= 0.6 is 0 Å². The number of nitrogens with zero attached hydrogens (tertiary/aromatic N) is 1. The predicted molar refractivity (Wildman–Crippen MR) is 82.4 cm³/mol. The molecule has 2 rings (SSSR count). The second-order valence-corrected chi connectivity index (χ2v) is 5.22. The third kappa shape index (κ3) is 3.32. The summed E-state index contributed by atoms with van der Waals surface area (Å²) in [5, 5.41) is 4.67. The summed E-state index contributed by atoms with van der Waals surface area (Å²) in [4.78, 5) is 4.82. The van der Waals surface area contributed by atoms with E-state index in [0.29, 0.717) is 6.04 Å². The largest absolute Gasteiger partial charge is 0.312 e. The Morgan fingerprint density at radius 2 is 2.00 bits per heavy atom. The van der Waals surface area contributed by atoms with Gasteiger partial charge in [-0.3, -0.25) is 4.98 Å². The van der Waals surface area contributed by atoms with Crippen LogP contribution in [0.5, 0.6) is 0 Å². The Labute approximate surface area is 116 Å². The summed E-state index contributed by atoms with van der Waals surface area (Å²) in [5.41, 5.74) is 3.60. The lowest BCUT2D eigenvalue weighted by Gasteiger charge is -2.17. The van der Waals surface area contributed by atoms with Crippen molar-refractivity contribution in [3.05, 3.63) is 41.6 Å². The number of aryl methyl sites for hydroxylation is 1. The molecule has 2 heteroatoms. The van der Waals surface area contributed by atoms with Gasteiger partial charge in [0.15, 0.2) is 0 Å². The van der Waals surface area contributed by atoms with Crippen molar-refractivity contribution in [3.63, 3.8) is 0 Å². The van der Waals surface area contributed by atoms with Crippen LogP contribution < -0.4 is 5.32 Å². The monoisotopic (exact) mass is 256 g/mol. The number of rotatable bonds is 6. The smallest absolute Gasteiger partial charge is 0.0708 e. The normalized spacial score (nSPS) is 12.8. The summed E-state index contributed by atoms with van der Waals surface area (Å²) in [7, 11) is 2.03. The van der Waals surface area contributed by atoms with E-state index in [2.05, 4.69) is 49.5 Å². The van der Waals surface area contributed by atoms with E-state index in [1.807, 2.05) is 7.05 Å².